The summed E-state index contributed by atoms with van der Waals surface area (Å²) in [5, 5.41) is 7.44. The molecular formula is C19H19N3O3. The van der Waals surface area contributed by atoms with Crippen LogP contribution in [0.25, 0.3) is 11.0 Å². The van der Waals surface area contributed by atoms with Crippen molar-refractivity contribution in [3.05, 3.63) is 64.3 Å². The molecule has 1 aliphatic rings. The summed E-state index contributed by atoms with van der Waals surface area (Å²) < 4.78 is 5.69. The zero-order valence-corrected chi connectivity index (χ0v) is 13.8. The fourth-order valence-corrected chi connectivity index (χ4v) is 3.49. The Morgan fingerprint density at radius 1 is 1.32 bits per heavy atom. The molecule has 0 radical (unpaired) electrons. The lowest BCUT2D eigenvalue weighted by Crippen LogP contribution is -2.40. The molecule has 0 unspecified atom stereocenters. The van der Waals surface area contributed by atoms with Crippen LogP contribution in [0.3, 0.4) is 0 Å². The molecule has 4 rings (SSSR count). The second-order valence-electron chi connectivity index (χ2n) is 6.52. The second-order valence-corrected chi connectivity index (χ2v) is 6.52. The number of aromatic nitrogens is 2. The van der Waals surface area contributed by atoms with Crippen LogP contribution in [0.4, 0.5) is 0 Å². The minimum Gasteiger partial charge on any atom is -0.451 e. The molecule has 6 nitrogen and oxygen atoms in total. The molecule has 0 spiro atoms. The van der Waals surface area contributed by atoms with Crippen molar-refractivity contribution in [3.8, 4) is 0 Å². The lowest BCUT2D eigenvalue weighted by atomic mass is 9.93. The largest absolute Gasteiger partial charge is 0.451 e. The highest BCUT2D eigenvalue weighted by atomic mass is 16.3. The quantitative estimate of drug-likeness (QED) is 0.797. The lowest BCUT2D eigenvalue weighted by molar-refractivity contribution is 0.0641. The number of hydrogen-bond donors (Lipinski definition) is 1. The predicted molar refractivity (Wildman–Crippen MR) is 93.4 cm³/mol. The van der Waals surface area contributed by atoms with E-state index >= 15 is 0 Å². The van der Waals surface area contributed by atoms with Crippen LogP contribution in [-0.2, 0) is 6.42 Å². The van der Waals surface area contributed by atoms with Gasteiger partial charge in [-0.2, -0.15) is 5.10 Å². The standard InChI is InChI=1S/C19H19N3O3/c23-16-11-18(25-17-6-2-1-5-15(16)17)19(24)22-9-3-4-13(12-22)10-14-7-8-20-21-14/h1-2,5-8,11,13H,3-4,9-10,12H2,(H,20,21)/t13-/m0/s1. The summed E-state index contributed by atoms with van der Waals surface area (Å²) in [4.78, 5) is 26.8. The van der Waals surface area contributed by atoms with Crippen molar-refractivity contribution in [2.75, 3.05) is 13.1 Å². The van der Waals surface area contributed by atoms with Crippen molar-refractivity contribution in [1.82, 2.24) is 15.1 Å². The summed E-state index contributed by atoms with van der Waals surface area (Å²) in [6.07, 6.45) is 4.63. The van der Waals surface area contributed by atoms with E-state index < -0.39 is 0 Å². The second kappa shape index (κ2) is 6.55. The highest BCUT2D eigenvalue weighted by Crippen LogP contribution is 2.22. The van der Waals surface area contributed by atoms with Gasteiger partial charge in [0.1, 0.15) is 5.58 Å². The van der Waals surface area contributed by atoms with Gasteiger partial charge in [0, 0.05) is 31.0 Å². The van der Waals surface area contributed by atoms with E-state index in [2.05, 4.69) is 10.2 Å². The van der Waals surface area contributed by atoms with Gasteiger partial charge in [-0.3, -0.25) is 14.7 Å². The highest BCUT2D eigenvalue weighted by Gasteiger charge is 2.26. The average molecular weight is 337 g/mol. The Bertz CT molecular complexity index is 946. The Morgan fingerprint density at radius 2 is 2.20 bits per heavy atom. The average Bonchev–Trinajstić information content (AvgIpc) is 3.14. The molecule has 128 valence electrons. The number of benzene rings is 1. The first-order valence-electron chi connectivity index (χ1n) is 8.51. The number of nitrogens with one attached hydrogen (secondary N) is 1. The number of aromatic amines is 1. The molecule has 3 heterocycles. The smallest absolute Gasteiger partial charge is 0.289 e. The minimum absolute atomic E-state index is 0.117. The van der Waals surface area contributed by atoms with Crippen LogP contribution in [-0.4, -0.2) is 34.1 Å². The van der Waals surface area contributed by atoms with Gasteiger partial charge in [0.15, 0.2) is 11.2 Å². The maximum absolute atomic E-state index is 12.8. The van der Waals surface area contributed by atoms with E-state index in [1.807, 2.05) is 6.07 Å². The maximum atomic E-state index is 12.8. The third-order valence-electron chi connectivity index (χ3n) is 4.72. The summed E-state index contributed by atoms with van der Waals surface area (Å²) in [7, 11) is 0. The van der Waals surface area contributed by atoms with Crippen molar-refractivity contribution < 1.29 is 9.21 Å². The van der Waals surface area contributed by atoms with Crippen LogP contribution >= 0.6 is 0 Å². The summed E-state index contributed by atoms with van der Waals surface area (Å²) in [6, 6.07) is 10.3. The molecule has 1 atom stereocenters. The van der Waals surface area contributed by atoms with E-state index in [0.717, 1.165) is 25.0 Å². The Balaban J connectivity index is 1.55. The normalized spacial score (nSPS) is 17.8. The molecule has 25 heavy (non-hydrogen) atoms. The van der Waals surface area contributed by atoms with E-state index in [0.29, 0.717) is 30.0 Å². The van der Waals surface area contributed by atoms with Gasteiger partial charge in [-0.25, -0.2) is 0 Å². The molecule has 1 N–H and O–H groups in total. The van der Waals surface area contributed by atoms with Gasteiger partial charge in [0.25, 0.3) is 5.91 Å². The van der Waals surface area contributed by atoms with Crippen LogP contribution in [0.2, 0.25) is 0 Å². The molecule has 6 heteroatoms. The molecular weight excluding hydrogens is 318 g/mol. The third kappa shape index (κ3) is 3.20. The topological polar surface area (TPSA) is 79.2 Å². The first kappa shape index (κ1) is 15.6. The van der Waals surface area contributed by atoms with Crippen LogP contribution in [0.5, 0.6) is 0 Å². The number of H-pyrrole nitrogens is 1. The highest BCUT2D eigenvalue weighted by molar-refractivity contribution is 5.93. The number of carbonyl (C=O) groups is 1. The first-order valence-corrected chi connectivity index (χ1v) is 8.51. The molecule has 3 aromatic rings. The molecule has 1 fully saturated rings. The lowest BCUT2D eigenvalue weighted by Gasteiger charge is -2.32. The van der Waals surface area contributed by atoms with E-state index in [4.69, 9.17) is 4.42 Å². The van der Waals surface area contributed by atoms with E-state index in [9.17, 15) is 9.59 Å². The van der Waals surface area contributed by atoms with Crippen LogP contribution in [0.15, 0.2) is 51.8 Å². The number of hydrogen-bond acceptors (Lipinski definition) is 4. The molecule has 0 aliphatic carbocycles. The van der Waals surface area contributed by atoms with Gasteiger partial charge < -0.3 is 9.32 Å². The Labute approximate surface area is 144 Å². The van der Waals surface area contributed by atoms with Gasteiger partial charge >= 0.3 is 0 Å². The number of fused-ring (bicyclic) bond motifs is 1. The monoisotopic (exact) mass is 337 g/mol. The summed E-state index contributed by atoms with van der Waals surface area (Å²) >= 11 is 0. The Morgan fingerprint density at radius 3 is 3.04 bits per heavy atom. The maximum Gasteiger partial charge on any atom is 0.289 e. The summed E-state index contributed by atoms with van der Waals surface area (Å²) in [5.74, 6) is 0.286. The van der Waals surface area contributed by atoms with Gasteiger partial charge in [0.2, 0.25) is 0 Å². The fraction of sp³-hybridized carbons (Fsp3) is 0.316. The van der Waals surface area contributed by atoms with Gasteiger partial charge in [-0.1, -0.05) is 12.1 Å². The zero-order valence-electron chi connectivity index (χ0n) is 13.8. The molecule has 1 aliphatic heterocycles. The predicted octanol–water partition coefficient (Wildman–Crippen LogP) is 2.61. The molecule has 0 bridgehead atoms. The summed E-state index contributed by atoms with van der Waals surface area (Å²) in [6.45, 7) is 1.35. The number of amides is 1. The zero-order chi connectivity index (χ0) is 17.2. The first-order chi connectivity index (χ1) is 12.2. The number of para-hydroxylation sites is 1. The SMILES string of the molecule is O=C(c1cc(=O)c2ccccc2o1)N1CCC[C@@H](Cc2ccn[nH]2)C1. The number of nitrogens with zero attached hydrogens (tertiary/aromatic N) is 2. The van der Waals surface area contributed by atoms with Crippen molar-refractivity contribution in [3.63, 3.8) is 0 Å². The Kier molecular flexibility index (Phi) is 4.09. The molecule has 1 amide bonds. The minimum atomic E-state index is -0.211. The molecule has 1 aromatic carbocycles. The van der Waals surface area contributed by atoms with Crippen LogP contribution in [0.1, 0.15) is 29.1 Å². The van der Waals surface area contributed by atoms with Crippen molar-refractivity contribution >= 4 is 16.9 Å². The van der Waals surface area contributed by atoms with Crippen molar-refractivity contribution in [1.29, 1.82) is 0 Å². The van der Waals surface area contributed by atoms with E-state index in [-0.39, 0.29) is 17.1 Å². The molecule has 0 saturated carbocycles. The van der Waals surface area contributed by atoms with E-state index in [1.54, 1.807) is 35.4 Å². The van der Waals surface area contributed by atoms with Crippen LogP contribution in [0, 0.1) is 5.92 Å². The van der Waals surface area contributed by atoms with Crippen LogP contribution < -0.4 is 5.43 Å². The van der Waals surface area contributed by atoms with Gasteiger partial charge in [-0.05, 0) is 43.4 Å². The molecule has 2 aromatic heterocycles. The molecule has 1 saturated heterocycles. The van der Waals surface area contributed by atoms with Crippen molar-refractivity contribution in [2.45, 2.75) is 19.3 Å². The fourth-order valence-electron chi connectivity index (χ4n) is 3.49. The van der Waals surface area contributed by atoms with E-state index in [1.165, 1.54) is 6.07 Å². The number of likely N-dealkylation sites (tertiary alicyclic amines) is 1. The summed E-state index contributed by atoms with van der Waals surface area (Å²) in [5.41, 5.74) is 1.34. The van der Waals surface area contributed by atoms with Gasteiger partial charge in [0.05, 0.1) is 5.39 Å². The van der Waals surface area contributed by atoms with Crippen molar-refractivity contribution in [2.24, 2.45) is 5.92 Å². The van der Waals surface area contributed by atoms with Gasteiger partial charge in [-0.15, -0.1) is 0 Å². The Hall–Kier alpha value is -2.89. The number of rotatable bonds is 3. The number of piperidine rings is 1. The third-order valence-corrected chi connectivity index (χ3v) is 4.72. The number of carbonyl (C=O) groups excluding carboxylic acids is 1.